The van der Waals surface area contributed by atoms with Crippen LogP contribution in [0.3, 0.4) is 0 Å². The number of fused-ring (bicyclic) bond motifs is 2. The third kappa shape index (κ3) is 3.48. The Kier molecular flexibility index (Phi) is 4.77. The average molecular weight is 443 g/mol. The van der Waals surface area contributed by atoms with Crippen molar-refractivity contribution in [2.45, 2.75) is 38.0 Å². The van der Waals surface area contributed by atoms with Gasteiger partial charge in [-0.2, -0.15) is 0 Å². The molecule has 1 aromatic carbocycles. The topological polar surface area (TPSA) is 106 Å². The number of rotatable bonds is 5. The molecule has 8 nitrogen and oxygen atoms in total. The first-order valence-electron chi connectivity index (χ1n) is 10.0. The minimum absolute atomic E-state index is 0.00839. The lowest BCUT2D eigenvalue weighted by Crippen LogP contribution is -2.48. The van der Waals surface area contributed by atoms with Crippen molar-refractivity contribution in [1.29, 1.82) is 0 Å². The van der Waals surface area contributed by atoms with Crippen LogP contribution in [-0.2, 0) is 22.7 Å². The summed E-state index contributed by atoms with van der Waals surface area (Å²) in [6, 6.07) is 5.93. The van der Waals surface area contributed by atoms with Crippen molar-refractivity contribution < 1.29 is 14.0 Å². The largest absolute Gasteiger partial charge is 0.383 e. The SMILES string of the molecule is Nc1ncnc2c1ccn2CC(=O)N1C2C[C@@H]2C[C@H]1C(=O)NCc1cccc(Cl)c1F. The first-order valence-corrected chi connectivity index (χ1v) is 10.4. The van der Waals surface area contributed by atoms with Gasteiger partial charge < -0.3 is 20.5 Å². The Hall–Kier alpha value is -3.20. The van der Waals surface area contributed by atoms with Gasteiger partial charge in [0.15, 0.2) is 0 Å². The molecule has 0 radical (unpaired) electrons. The summed E-state index contributed by atoms with van der Waals surface area (Å²) in [5.74, 6) is -0.308. The van der Waals surface area contributed by atoms with Gasteiger partial charge in [-0.3, -0.25) is 9.59 Å². The second-order valence-corrected chi connectivity index (χ2v) is 8.39. The van der Waals surface area contributed by atoms with Crippen molar-refractivity contribution in [3.63, 3.8) is 0 Å². The van der Waals surface area contributed by atoms with E-state index in [0.29, 0.717) is 34.8 Å². The van der Waals surface area contributed by atoms with Crippen LogP contribution in [0.5, 0.6) is 0 Å². The third-order valence-electron chi connectivity index (χ3n) is 6.07. The molecule has 3 heterocycles. The lowest BCUT2D eigenvalue weighted by molar-refractivity contribution is -0.140. The molecule has 3 aromatic rings. The number of likely N-dealkylation sites (tertiary alicyclic amines) is 1. The van der Waals surface area contributed by atoms with E-state index in [2.05, 4.69) is 15.3 Å². The number of nitrogens with two attached hydrogens (primary N) is 1. The molecule has 3 N–H and O–H groups in total. The zero-order chi connectivity index (χ0) is 21.7. The Morgan fingerprint density at radius 3 is 2.94 bits per heavy atom. The molecule has 0 bridgehead atoms. The Morgan fingerprint density at radius 2 is 2.10 bits per heavy atom. The van der Waals surface area contributed by atoms with E-state index in [0.717, 1.165) is 6.42 Å². The van der Waals surface area contributed by atoms with E-state index >= 15 is 0 Å². The number of anilines is 1. The molecule has 1 unspecified atom stereocenters. The van der Waals surface area contributed by atoms with Gasteiger partial charge in [-0.05, 0) is 30.9 Å². The summed E-state index contributed by atoms with van der Waals surface area (Å²) in [4.78, 5) is 35.8. The van der Waals surface area contributed by atoms with Gasteiger partial charge in [0.05, 0.1) is 10.4 Å². The predicted octanol–water partition coefficient (Wildman–Crippen LogP) is 2.11. The van der Waals surface area contributed by atoms with Gasteiger partial charge in [0.25, 0.3) is 0 Å². The molecular formula is C21H20ClFN6O2. The highest BCUT2D eigenvalue weighted by Crippen LogP contribution is 2.48. The summed E-state index contributed by atoms with van der Waals surface area (Å²) >= 11 is 5.80. The van der Waals surface area contributed by atoms with Crippen molar-refractivity contribution >= 4 is 40.3 Å². The first-order chi connectivity index (χ1) is 14.9. The fraction of sp³-hybridized carbons (Fsp3) is 0.333. The number of carbonyl (C=O) groups is 2. The first kappa shape index (κ1) is 19.7. The number of piperidine rings is 1. The molecule has 2 fully saturated rings. The van der Waals surface area contributed by atoms with Crippen LogP contribution < -0.4 is 11.1 Å². The monoisotopic (exact) mass is 442 g/mol. The van der Waals surface area contributed by atoms with Gasteiger partial charge in [-0.15, -0.1) is 0 Å². The molecule has 1 saturated carbocycles. The van der Waals surface area contributed by atoms with E-state index < -0.39 is 11.9 Å². The zero-order valence-corrected chi connectivity index (χ0v) is 17.2. The quantitative estimate of drug-likeness (QED) is 0.629. The number of nitrogen functional groups attached to an aromatic ring is 1. The van der Waals surface area contributed by atoms with Crippen LogP contribution in [0.4, 0.5) is 10.2 Å². The average Bonchev–Trinajstić information content (AvgIpc) is 3.21. The lowest BCUT2D eigenvalue weighted by atomic mass is 10.1. The van der Waals surface area contributed by atoms with Crippen molar-refractivity contribution in [1.82, 2.24) is 24.8 Å². The standard InChI is InChI=1S/C21H20ClFN6O2/c22-14-3-1-2-11(18(14)23)8-25-21(31)16-7-12-6-15(12)29(16)17(30)9-28-5-4-13-19(24)26-10-27-20(13)28/h1-5,10,12,15-16H,6-9H2,(H,25,31)(H2,24,26,27)/t12-,15?,16+/m1/s1. The number of hydrogen-bond donors (Lipinski definition) is 2. The summed E-state index contributed by atoms with van der Waals surface area (Å²) in [5.41, 5.74) is 6.74. The van der Waals surface area contributed by atoms with Crippen LogP contribution in [0, 0.1) is 11.7 Å². The molecule has 5 rings (SSSR count). The third-order valence-corrected chi connectivity index (χ3v) is 6.36. The van der Waals surface area contributed by atoms with E-state index in [9.17, 15) is 14.0 Å². The fourth-order valence-corrected chi connectivity index (χ4v) is 4.61. The summed E-state index contributed by atoms with van der Waals surface area (Å²) in [7, 11) is 0. The van der Waals surface area contributed by atoms with E-state index in [4.69, 9.17) is 17.3 Å². The number of amides is 2. The highest BCUT2D eigenvalue weighted by atomic mass is 35.5. The van der Waals surface area contributed by atoms with Gasteiger partial charge in [-0.25, -0.2) is 14.4 Å². The normalized spacial score (nSPS) is 21.9. The van der Waals surface area contributed by atoms with Crippen LogP contribution in [0.15, 0.2) is 36.8 Å². The summed E-state index contributed by atoms with van der Waals surface area (Å²) < 4.78 is 15.8. The molecule has 2 aromatic heterocycles. The van der Waals surface area contributed by atoms with Gasteiger partial charge in [-0.1, -0.05) is 23.7 Å². The number of benzene rings is 1. The molecule has 2 aliphatic rings. The fourth-order valence-electron chi connectivity index (χ4n) is 4.41. The minimum Gasteiger partial charge on any atom is -0.383 e. The molecular weight excluding hydrogens is 423 g/mol. The summed E-state index contributed by atoms with van der Waals surface area (Å²) in [5, 5.41) is 3.44. The van der Waals surface area contributed by atoms with Gasteiger partial charge in [0, 0.05) is 24.3 Å². The number of nitrogens with zero attached hydrogens (tertiary/aromatic N) is 4. The van der Waals surface area contributed by atoms with Crippen molar-refractivity contribution in [3.05, 3.63) is 53.2 Å². The Bertz CT molecular complexity index is 1200. The maximum atomic E-state index is 14.1. The maximum Gasteiger partial charge on any atom is 0.243 e. The van der Waals surface area contributed by atoms with Crippen molar-refractivity contribution in [2.24, 2.45) is 5.92 Å². The molecule has 3 atom stereocenters. The Morgan fingerprint density at radius 1 is 1.26 bits per heavy atom. The molecule has 1 saturated heterocycles. The number of carbonyl (C=O) groups excluding carboxylic acids is 2. The lowest BCUT2D eigenvalue weighted by Gasteiger charge is -2.27. The Labute approximate surface area is 182 Å². The van der Waals surface area contributed by atoms with Crippen LogP contribution in [0.25, 0.3) is 11.0 Å². The van der Waals surface area contributed by atoms with E-state index in [-0.39, 0.29) is 36.0 Å². The molecule has 10 heteroatoms. The molecule has 0 spiro atoms. The van der Waals surface area contributed by atoms with Crippen molar-refractivity contribution in [3.8, 4) is 0 Å². The van der Waals surface area contributed by atoms with Crippen LogP contribution >= 0.6 is 11.6 Å². The molecule has 31 heavy (non-hydrogen) atoms. The van der Waals surface area contributed by atoms with Crippen LogP contribution in [0.2, 0.25) is 5.02 Å². The molecule has 2 amide bonds. The zero-order valence-electron chi connectivity index (χ0n) is 16.5. The highest BCUT2D eigenvalue weighted by molar-refractivity contribution is 6.30. The number of nitrogens with one attached hydrogen (secondary N) is 1. The second kappa shape index (κ2) is 7.49. The second-order valence-electron chi connectivity index (χ2n) is 7.99. The minimum atomic E-state index is -0.569. The van der Waals surface area contributed by atoms with Gasteiger partial charge in [0.1, 0.15) is 36.2 Å². The number of aromatic nitrogens is 3. The van der Waals surface area contributed by atoms with Gasteiger partial charge in [0.2, 0.25) is 11.8 Å². The van der Waals surface area contributed by atoms with Crippen LogP contribution in [-0.4, -0.2) is 43.3 Å². The Balaban J connectivity index is 1.30. The number of halogens is 2. The van der Waals surface area contributed by atoms with E-state index in [1.165, 1.54) is 12.4 Å². The van der Waals surface area contributed by atoms with E-state index in [1.807, 2.05) is 0 Å². The molecule has 160 valence electrons. The summed E-state index contributed by atoms with van der Waals surface area (Å²) in [6.07, 6.45) is 4.61. The van der Waals surface area contributed by atoms with Crippen molar-refractivity contribution in [2.75, 3.05) is 5.73 Å². The highest BCUT2D eigenvalue weighted by Gasteiger charge is 2.55. The van der Waals surface area contributed by atoms with Crippen LogP contribution in [0.1, 0.15) is 18.4 Å². The van der Waals surface area contributed by atoms with Gasteiger partial charge >= 0.3 is 0 Å². The molecule has 1 aliphatic carbocycles. The summed E-state index contributed by atoms with van der Waals surface area (Å²) in [6.45, 7) is 0.0629. The molecule has 1 aliphatic heterocycles. The number of hydrogen-bond acceptors (Lipinski definition) is 5. The predicted molar refractivity (Wildman–Crippen MR) is 112 cm³/mol. The maximum absolute atomic E-state index is 14.1. The van der Waals surface area contributed by atoms with E-state index in [1.54, 1.807) is 33.9 Å². The smallest absolute Gasteiger partial charge is 0.243 e.